The lowest BCUT2D eigenvalue weighted by atomic mass is 10.1. The predicted molar refractivity (Wildman–Crippen MR) is 114 cm³/mol. The maximum Gasteiger partial charge on any atom is 0.311 e. The van der Waals surface area contributed by atoms with E-state index < -0.39 is 10.8 Å². The Morgan fingerprint density at radius 3 is 2.76 bits per heavy atom. The molecule has 1 heterocycles. The average Bonchev–Trinajstić information content (AvgIpc) is 2.68. The smallest absolute Gasteiger partial charge is 0.311 e. The van der Waals surface area contributed by atoms with Crippen LogP contribution in [0.15, 0.2) is 48.5 Å². The molecular weight excluding hydrogens is 392 g/mol. The van der Waals surface area contributed by atoms with Crippen LogP contribution in [0.3, 0.4) is 0 Å². The number of aromatic nitrogens is 1. The fraction of sp³-hybridized carbons (Fsp3) is 0.150. The van der Waals surface area contributed by atoms with E-state index in [1.54, 1.807) is 6.92 Å². The molecule has 0 aliphatic carbocycles. The minimum atomic E-state index is -0.594. The van der Waals surface area contributed by atoms with Gasteiger partial charge in [-0.3, -0.25) is 25.2 Å². The van der Waals surface area contributed by atoms with Gasteiger partial charge in [0.2, 0.25) is 0 Å². The van der Waals surface area contributed by atoms with Crippen molar-refractivity contribution in [2.24, 2.45) is 0 Å². The molecule has 148 valence electrons. The van der Waals surface area contributed by atoms with Gasteiger partial charge in [-0.1, -0.05) is 6.07 Å². The third-order valence-corrected chi connectivity index (χ3v) is 4.27. The second kappa shape index (κ2) is 8.61. The number of nitro groups is 1. The molecule has 8 nitrogen and oxygen atoms in total. The van der Waals surface area contributed by atoms with Crippen molar-refractivity contribution in [2.45, 2.75) is 13.8 Å². The lowest BCUT2D eigenvalue weighted by Crippen LogP contribution is -2.34. The first-order chi connectivity index (χ1) is 13.9. The summed E-state index contributed by atoms with van der Waals surface area (Å²) in [6.07, 6.45) is 0. The first-order valence-corrected chi connectivity index (χ1v) is 9.20. The number of rotatable bonds is 5. The summed E-state index contributed by atoms with van der Waals surface area (Å²) in [6, 6.07) is 13.3. The first-order valence-electron chi connectivity index (χ1n) is 8.79. The number of carbonyl (C=O) groups excluding carboxylic acids is 1. The Morgan fingerprint density at radius 2 is 2.03 bits per heavy atom. The zero-order chi connectivity index (χ0) is 21.0. The molecule has 3 aromatic rings. The van der Waals surface area contributed by atoms with Gasteiger partial charge in [0.15, 0.2) is 10.9 Å². The SMILES string of the molecule is CCOc1ccc(C(=O)NC(=S)Nc2cccc3nc(C)ccc23)cc1[N+](=O)[O-]. The zero-order valence-corrected chi connectivity index (χ0v) is 16.6. The molecule has 0 radical (unpaired) electrons. The van der Waals surface area contributed by atoms with E-state index in [0.717, 1.165) is 22.7 Å². The van der Waals surface area contributed by atoms with E-state index in [4.69, 9.17) is 17.0 Å². The Labute approximate surface area is 172 Å². The van der Waals surface area contributed by atoms with E-state index in [1.165, 1.54) is 12.1 Å². The largest absolute Gasteiger partial charge is 0.487 e. The topological polar surface area (TPSA) is 106 Å². The number of amides is 1. The number of ether oxygens (including phenoxy) is 1. The molecule has 0 saturated carbocycles. The van der Waals surface area contributed by atoms with E-state index in [2.05, 4.69) is 15.6 Å². The lowest BCUT2D eigenvalue weighted by Gasteiger charge is -2.12. The normalized spacial score (nSPS) is 10.4. The molecule has 0 bridgehead atoms. The van der Waals surface area contributed by atoms with Gasteiger partial charge in [0.25, 0.3) is 5.91 Å². The van der Waals surface area contributed by atoms with Gasteiger partial charge in [0.05, 0.1) is 17.0 Å². The van der Waals surface area contributed by atoms with Gasteiger partial charge in [-0.2, -0.15) is 0 Å². The summed E-state index contributed by atoms with van der Waals surface area (Å²) in [4.78, 5) is 27.6. The molecule has 0 atom stereocenters. The van der Waals surface area contributed by atoms with Gasteiger partial charge in [0, 0.05) is 28.4 Å². The number of hydrogen-bond acceptors (Lipinski definition) is 6. The molecule has 0 aliphatic rings. The molecular formula is C20H18N4O4S. The van der Waals surface area contributed by atoms with Crippen LogP contribution in [0.5, 0.6) is 5.75 Å². The zero-order valence-electron chi connectivity index (χ0n) is 15.8. The van der Waals surface area contributed by atoms with E-state index in [1.807, 2.05) is 37.3 Å². The molecule has 1 aromatic heterocycles. The number of nitrogens with one attached hydrogen (secondary N) is 2. The fourth-order valence-electron chi connectivity index (χ4n) is 2.77. The molecule has 0 fully saturated rings. The van der Waals surface area contributed by atoms with Crippen molar-refractivity contribution >= 4 is 45.5 Å². The molecule has 29 heavy (non-hydrogen) atoms. The summed E-state index contributed by atoms with van der Waals surface area (Å²) in [7, 11) is 0. The molecule has 2 aromatic carbocycles. The summed E-state index contributed by atoms with van der Waals surface area (Å²) in [5.74, 6) is -0.462. The van der Waals surface area contributed by atoms with Crippen molar-refractivity contribution < 1.29 is 14.5 Å². The van der Waals surface area contributed by atoms with Gasteiger partial charge >= 0.3 is 5.69 Å². The van der Waals surface area contributed by atoms with Crippen LogP contribution in [0.2, 0.25) is 0 Å². The van der Waals surface area contributed by atoms with Crippen molar-refractivity contribution in [2.75, 3.05) is 11.9 Å². The molecule has 0 saturated heterocycles. The van der Waals surface area contributed by atoms with E-state index in [9.17, 15) is 14.9 Å². The van der Waals surface area contributed by atoms with Gasteiger partial charge in [-0.15, -0.1) is 0 Å². The molecule has 9 heteroatoms. The van der Waals surface area contributed by atoms with E-state index >= 15 is 0 Å². The van der Waals surface area contributed by atoms with Crippen molar-refractivity contribution in [3.8, 4) is 5.75 Å². The van der Waals surface area contributed by atoms with Crippen LogP contribution in [-0.2, 0) is 0 Å². The summed E-state index contributed by atoms with van der Waals surface area (Å²) < 4.78 is 5.22. The number of benzene rings is 2. The molecule has 2 N–H and O–H groups in total. The van der Waals surface area contributed by atoms with Gasteiger partial charge in [0.1, 0.15) is 0 Å². The van der Waals surface area contributed by atoms with E-state index in [-0.39, 0.29) is 28.7 Å². The Hall–Kier alpha value is -3.59. The van der Waals surface area contributed by atoms with Crippen LogP contribution in [0.1, 0.15) is 23.0 Å². The number of hydrogen-bond donors (Lipinski definition) is 2. The summed E-state index contributed by atoms with van der Waals surface area (Å²) in [6.45, 7) is 3.90. The fourth-order valence-corrected chi connectivity index (χ4v) is 2.98. The quantitative estimate of drug-likeness (QED) is 0.372. The molecule has 1 amide bonds. The van der Waals surface area contributed by atoms with Crippen molar-refractivity contribution in [1.29, 1.82) is 0 Å². The third-order valence-electron chi connectivity index (χ3n) is 4.06. The average molecular weight is 410 g/mol. The van der Waals surface area contributed by atoms with Crippen LogP contribution < -0.4 is 15.4 Å². The number of thiocarbonyl (C=S) groups is 1. The van der Waals surface area contributed by atoms with Gasteiger partial charge in [-0.25, -0.2) is 0 Å². The summed E-state index contributed by atoms with van der Waals surface area (Å²) >= 11 is 5.23. The molecule has 0 aliphatic heterocycles. The number of anilines is 1. The minimum Gasteiger partial charge on any atom is -0.487 e. The minimum absolute atomic E-state index is 0.0691. The molecule has 0 unspecified atom stereocenters. The highest BCUT2D eigenvalue weighted by Crippen LogP contribution is 2.28. The van der Waals surface area contributed by atoms with Crippen molar-refractivity contribution in [3.63, 3.8) is 0 Å². The van der Waals surface area contributed by atoms with Crippen LogP contribution >= 0.6 is 12.2 Å². The van der Waals surface area contributed by atoms with Crippen molar-refractivity contribution in [3.05, 3.63) is 69.9 Å². The Morgan fingerprint density at radius 1 is 1.24 bits per heavy atom. The lowest BCUT2D eigenvalue weighted by molar-refractivity contribution is -0.385. The molecule has 3 rings (SSSR count). The maximum atomic E-state index is 12.5. The Kier molecular flexibility index (Phi) is 5.99. The highest BCUT2D eigenvalue weighted by Gasteiger charge is 2.19. The van der Waals surface area contributed by atoms with Crippen molar-refractivity contribution in [1.82, 2.24) is 10.3 Å². The predicted octanol–water partition coefficient (Wildman–Crippen LogP) is 3.98. The number of carbonyl (C=O) groups is 1. The molecule has 0 spiro atoms. The van der Waals surface area contributed by atoms with Crippen LogP contribution in [0.25, 0.3) is 10.9 Å². The highest BCUT2D eigenvalue weighted by molar-refractivity contribution is 7.80. The van der Waals surface area contributed by atoms with Gasteiger partial charge < -0.3 is 10.1 Å². The second-order valence-corrected chi connectivity index (χ2v) is 6.51. The second-order valence-electron chi connectivity index (χ2n) is 6.11. The van der Waals surface area contributed by atoms with Crippen LogP contribution in [0, 0.1) is 17.0 Å². The Balaban J connectivity index is 1.77. The number of aryl methyl sites for hydroxylation is 1. The van der Waals surface area contributed by atoms with Gasteiger partial charge in [-0.05, 0) is 62.5 Å². The number of nitro benzene ring substituents is 1. The summed E-state index contributed by atoms with van der Waals surface area (Å²) in [5.41, 5.74) is 2.19. The standard InChI is InChI=1S/C20H18N4O4S/c1-3-28-18-10-8-13(11-17(18)24(26)27)19(25)23-20(29)22-16-6-4-5-15-14(16)9-7-12(2)21-15/h4-11H,3H2,1-2H3,(H2,22,23,25,29). The number of fused-ring (bicyclic) bond motifs is 1. The maximum absolute atomic E-state index is 12.5. The Bertz CT molecular complexity index is 1120. The highest BCUT2D eigenvalue weighted by atomic mass is 32.1. The third kappa shape index (κ3) is 4.64. The van der Waals surface area contributed by atoms with E-state index in [0.29, 0.717) is 5.69 Å². The summed E-state index contributed by atoms with van der Waals surface area (Å²) in [5, 5.41) is 17.7. The number of pyridine rings is 1. The van der Waals surface area contributed by atoms with Crippen LogP contribution in [0.4, 0.5) is 11.4 Å². The number of nitrogens with zero attached hydrogens (tertiary/aromatic N) is 2. The first kappa shape index (κ1) is 20.2. The monoisotopic (exact) mass is 410 g/mol. The van der Waals surface area contributed by atoms with Crippen LogP contribution in [-0.4, -0.2) is 27.5 Å².